The van der Waals surface area contributed by atoms with Crippen LogP contribution in [0.3, 0.4) is 0 Å². The lowest BCUT2D eigenvalue weighted by molar-refractivity contribution is -0.142. The minimum Gasteiger partial charge on any atom is -0.370 e. The van der Waals surface area contributed by atoms with Crippen molar-refractivity contribution in [1.82, 2.24) is 20.5 Å². The van der Waals surface area contributed by atoms with Crippen molar-refractivity contribution in [2.75, 3.05) is 32.8 Å². The molecule has 0 bridgehead atoms. The number of hydrogen-bond donors (Lipinski definition) is 2. The molecule has 2 aliphatic rings. The molecule has 9 heteroatoms. The van der Waals surface area contributed by atoms with E-state index in [0.717, 1.165) is 12.0 Å². The van der Waals surface area contributed by atoms with Crippen LogP contribution >= 0.6 is 15.9 Å². The number of pyridine rings is 1. The van der Waals surface area contributed by atoms with Crippen LogP contribution in [0.1, 0.15) is 19.0 Å². The van der Waals surface area contributed by atoms with Gasteiger partial charge in [0.25, 0.3) is 0 Å². The standard InChI is InChI=1S/C19H21BrN6O2/c1-13-11-23-19(22-6-3-7-26-8-9-28-12-17(26)27)25-18(13)14(10-21)15-4-2-5-16(20)24-15/h2,4-5,11H,3,6-9,12H2,1H3,(H2,22,23,25)/b18-14+. The number of nitrogens with zero attached hydrogens (tertiary/aromatic N) is 4. The molecule has 0 aliphatic carbocycles. The van der Waals surface area contributed by atoms with Gasteiger partial charge in [0.15, 0.2) is 5.96 Å². The Hall–Kier alpha value is -2.70. The van der Waals surface area contributed by atoms with Crippen molar-refractivity contribution in [3.05, 3.63) is 46.0 Å². The summed E-state index contributed by atoms with van der Waals surface area (Å²) in [4.78, 5) is 22.4. The molecule has 1 aromatic heterocycles. The number of aliphatic imine (C=N–C) groups is 1. The van der Waals surface area contributed by atoms with E-state index in [1.807, 2.05) is 25.3 Å². The smallest absolute Gasteiger partial charge is 0.248 e. The predicted molar refractivity (Wildman–Crippen MR) is 109 cm³/mol. The van der Waals surface area contributed by atoms with Crippen molar-refractivity contribution in [2.24, 2.45) is 4.99 Å². The Balaban J connectivity index is 1.67. The van der Waals surface area contributed by atoms with Gasteiger partial charge in [-0.1, -0.05) is 6.07 Å². The quantitative estimate of drug-likeness (QED) is 0.407. The van der Waals surface area contributed by atoms with Crippen LogP contribution in [-0.2, 0) is 9.53 Å². The van der Waals surface area contributed by atoms with Crippen molar-refractivity contribution in [2.45, 2.75) is 13.3 Å². The number of nitrogens with one attached hydrogen (secondary N) is 2. The van der Waals surface area contributed by atoms with Crippen molar-refractivity contribution in [3.63, 3.8) is 0 Å². The molecule has 8 nitrogen and oxygen atoms in total. The second-order valence-electron chi connectivity index (χ2n) is 6.32. The summed E-state index contributed by atoms with van der Waals surface area (Å²) >= 11 is 3.34. The number of carbonyl (C=O) groups is 1. The van der Waals surface area contributed by atoms with Crippen LogP contribution in [-0.4, -0.2) is 54.6 Å². The van der Waals surface area contributed by atoms with E-state index in [4.69, 9.17) is 4.74 Å². The third-order valence-corrected chi connectivity index (χ3v) is 4.78. The number of allylic oxidation sites excluding steroid dienone is 2. The molecule has 146 valence electrons. The van der Waals surface area contributed by atoms with Crippen LogP contribution in [0.25, 0.3) is 5.57 Å². The maximum atomic E-state index is 11.7. The van der Waals surface area contributed by atoms with Crippen LogP contribution < -0.4 is 10.6 Å². The van der Waals surface area contributed by atoms with Crippen molar-refractivity contribution in [1.29, 1.82) is 5.26 Å². The van der Waals surface area contributed by atoms with E-state index in [0.29, 0.717) is 53.8 Å². The molecule has 28 heavy (non-hydrogen) atoms. The zero-order valence-corrected chi connectivity index (χ0v) is 17.1. The third-order valence-electron chi connectivity index (χ3n) is 4.34. The number of hydrogen-bond acceptors (Lipinski definition) is 5. The largest absolute Gasteiger partial charge is 0.370 e. The topological polar surface area (TPSA) is 103 Å². The lowest BCUT2D eigenvalue weighted by Gasteiger charge is -2.26. The molecule has 1 fully saturated rings. The van der Waals surface area contributed by atoms with Gasteiger partial charge in [0, 0.05) is 25.8 Å². The summed E-state index contributed by atoms with van der Waals surface area (Å²) in [5.41, 5.74) is 2.59. The molecule has 1 aromatic rings. The summed E-state index contributed by atoms with van der Waals surface area (Å²) in [6, 6.07) is 7.68. The molecule has 0 spiro atoms. The minimum absolute atomic E-state index is 0.0248. The summed E-state index contributed by atoms with van der Waals surface area (Å²) in [5.74, 6) is 0.591. The van der Waals surface area contributed by atoms with E-state index in [1.165, 1.54) is 0 Å². The first-order chi connectivity index (χ1) is 13.6. The second-order valence-corrected chi connectivity index (χ2v) is 7.13. The molecule has 3 heterocycles. The molecule has 0 unspecified atom stereocenters. The summed E-state index contributed by atoms with van der Waals surface area (Å²) < 4.78 is 5.79. The zero-order chi connectivity index (χ0) is 19.9. The Morgan fingerprint density at radius 2 is 2.36 bits per heavy atom. The van der Waals surface area contributed by atoms with Crippen LogP contribution in [0.2, 0.25) is 0 Å². The van der Waals surface area contributed by atoms with Gasteiger partial charge in [0.1, 0.15) is 22.9 Å². The third kappa shape index (κ3) is 4.97. The number of rotatable bonds is 5. The molecule has 0 atom stereocenters. The maximum Gasteiger partial charge on any atom is 0.248 e. The summed E-state index contributed by atoms with van der Waals surface area (Å²) in [5, 5.41) is 16.0. The average molecular weight is 445 g/mol. The molecular formula is C19H21BrN6O2. The first kappa shape index (κ1) is 20.0. The van der Waals surface area contributed by atoms with E-state index in [1.54, 1.807) is 11.0 Å². The average Bonchev–Trinajstić information content (AvgIpc) is 2.69. The lowest BCUT2D eigenvalue weighted by atomic mass is 10.1. The van der Waals surface area contributed by atoms with Crippen LogP contribution in [0.15, 0.2) is 45.3 Å². The first-order valence-corrected chi connectivity index (χ1v) is 9.76. The number of halogens is 1. The van der Waals surface area contributed by atoms with Gasteiger partial charge in [-0.25, -0.2) is 4.98 Å². The highest BCUT2D eigenvalue weighted by Gasteiger charge is 2.19. The molecular weight excluding hydrogens is 424 g/mol. The summed E-state index contributed by atoms with van der Waals surface area (Å²) in [6.07, 6.45) is 2.56. The Bertz CT molecular complexity index is 887. The van der Waals surface area contributed by atoms with Gasteiger partial charge in [-0.3, -0.25) is 9.79 Å². The van der Waals surface area contributed by atoms with Gasteiger partial charge in [0.2, 0.25) is 5.91 Å². The minimum atomic E-state index is 0.0248. The van der Waals surface area contributed by atoms with Gasteiger partial charge in [-0.05, 0) is 47.0 Å². The number of nitriles is 1. The maximum absolute atomic E-state index is 11.7. The first-order valence-electron chi connectivity index (χ1n) is 8.96. The molecule has 1 amide bonds. The number of morpholine rings is 1. The molecule has 0 aromatic carbocycles. The van der Waals surface area contributed by atoms with Crippen molar-refractivity contribution >= 4 is 33.4 Å². The van der Waals surface area contributed by atoms with Crippen molar-refractivity contribution in [3.8, 4) is 6.07 Å². The Morgan fingerprint density at radius 1 is 1.50 bits per heavy atom. The Kier molecular flexibility index (Phi) is 6.79. The SMILES string of the molecule is CC1=CNC(=NCCCN2CCOCC2=O)N/C1=C(\C#N)c1cccc(Br)n1. The monoisotopic (exact) mass is 444 g/mol. The number of carbonyl (C=O) groups excluding carboxylic acids is 1. The highest BCUT2D eigenvalue weighted by molar-refractivity contribution is 9.10. The van der Waals surface area contributed by atoms with Crippen LogP contribution in [0.4, 0.5) is 0 Å². The van der Waals surface area contributed by atoms with E-state index in [-0.39, 0.29) is 12.5 Å². The van der Waals surface area contributed by atoms with E-state index < -0.39 is 0 Å². The molecule has 1 saturated heterocycles. The number of amides is 1. The van der Waals surface area contributed by atoms with Crippen LogP contribution in [0, 0.1) is 11.3 Å². The van der Waals surface area contributed by atoms with Gasteiger partial charge in [-0.2, -0.15) is 5.26 Å². The Labute approximate surface area is 172 Å². The van der Waals surface area contributed by atoms with Gasteiger partial charge in [-0.15, -0.1) is 0 Å². The van der Waals surface area contributed by atoms with Crippen LogP contribution in [0.5, 0.6) is 0 Å². The zero-order valence-electron chi connectivity index (χ0n) is 15.5. The predicted octanol–water partition coefficient (Wildman–Crippen LogP) is 1.78. The fourth-order valence-corrected chi connectivity index (χ4v) is 3.22. The normalized spacial score (nSPS) is 20.2. The van der Waals surface area contributed by atoms with E-state index >= 15 is 0 Å². The molecule has 3 rings (SSSR count). The number of guanidine groups is 1. The molecule has 0 radical (unpaired) electrons. The second kappa shape index (κ2) is 9.48. The molecule has 2 N–H and O–H groups in total. The van der Waals surface area contributed by atoms with Gasteiger partial charge >= 0.3 is 0 Å². The fourth-order valence-electron chi connectivity index (χ4n) is 2.87. The van der Waals surface area contributed by atoms with Gasteiger partial charge in [0.05, 0.1) is 18.0 Å². The summed E-state index contributed by atoms with van der Waals surface area (Å²) in [7, 11) is 0. The lowest BCUT2D eigenvalue weighted by Crippen LogP contribution is -2.42. The highest BCUT2D eigenvalue weighted by atomic mass is 79.9. The number of ether oxygens (including phenoxy) is 1. The molecule has 2 aliphatic heterocycles. The Morgan fingerprint density at radius 3 is 3.11 bits per heavy atom. The number of aromatic nitrogens is 1. The summed E-state index contributed by atoms with van der Waals surface area (Å²) in [6.45, 7) is 4.50. The van der Waals surface area contributed by atoms with E-state index in [2.05, 4.69) is 42.6 Å². The fraction of sp³-hybridized carbons (Fsp3) is 0.368. The highest BCUT2D eigenvalue weighted by Crippen LogP contribution is 2.22. The van der Waals surface area contributed by atoms with Crippen molar-refractivity contribution < 1.29 is 9.53 Å². The molecule has 0 saturated carbocycles. The van der Waals surface area contributed by atoms with Gasteiger partial charge < -0.3 is 20.3 Å². The van der Waals surface area contributed by atoms with E-state index in [9.17, 15) is 10.1 Å².